The molecule has 1 saturated heterocycles. The van der Waals surface area contributed by atoms with Crippen LogP contribution in [0.15, 0.2) is 48.5 Å². The molecule has 0 aliphatic carbocycles. The molecule has 0 bridgehead atoms. The summed E-state index contributed by atoms with van der Waals surface area (Å²) in [6.45, 7) is 2.33. The fourth-order valence-corrected chi connectivity index (χ4v) is 3.88. The van der Waals surface area contributed by atoms with Crippen LogP contribution in [0.3, 0.4) is 0 Å². The standard InChI is InChI=1S/C23H22F6N2O3/c1-13(15-8-17(22(24,25)26)10-18(9-15)23(27,28)29)34-12-21(16-6-4-3-5-7-16)11-19(20(33)31-21)30-14(2)32/h3-10,13,19H,11-12H2,1-2H3,(H,30,32)(H,31,33)/t13-,19?,21-/m1/s1. The van der Waals surface area contributed by atoms with Crippen LogP contribution in [0.25, 0.3) is 0 Å². The Morgan fingerprint density at radius 2 is 1.65 bits per heavy atom. The van der Waals surface area contributed by atoms with Crippen LogP contribution >= 0.6 is 0 Å². The number of nitrogens with one attached hydrogen (secondary N) is 2. The van der Waals surface area contributed by atoms with Crippen LogP contribution < -0.4 is 10.6 Å². The molecule has 1 aliphatic rings. The summed E-state index contributed by atoms with van der Waals surface area (Å²) in [6.07, 6.45) is -11.0. The van der Waals surface area contributed by atoms with E-state index in [1.807, 2.05) is 0 Å². The number of carbonyl (C=O) groups is 2. The van der Waals surface area contributed by atoms with Crippen molar-refractivity contribution in [2.24, 2.45) is 0 Å². The maximum absolute atomic E-state index is 13.2. The van der Waals surface area contributed by atoms with Crippen molar-refractivity contribution in [1.82, 2.24) is 10.6 Å². The van der Waals surface area contributed by atoms with Gasteiger partial charge in [0.15, 0.2) is 0 Å². The molecule has 0 aromatic heterocycles. The quantitative estimate of drug-likeness (QED) is 0.579. The van der Waals surface area contributed by atoms with E-state index in [0.29, 0.717) is 17.7 Å². The van der Waals surface area contributed by atoms with E-state index in [4.69, 9.17) is 4.74 Å². The molecule has 2 amide bonds. The van der Waals surface area contributed by atoms with E-state index in [2.05, 4.69) is 10.6 Å². The van der Waals surface area contributed by atoms with E-state index in [1.165, 1.54) is 13.8 Å². The summed E-state index contributed by atoms with van der Waals surface area (Å²) in [7, 11) is 0. The Morgan fingerprint density at radius 3 is 2.15 bits per heavy atom. The predicted octanol–water partition coefficient (Wildman–Crippen LogP) is 4.72. The number of halogens is 6. The highest BCUT2D eigenvalue weighted by molar-refractivity contribution is 5.89. The van der Waals surface area contributed by atoms with Crippen LogP contribution in [0, 0.1) is 0 Å². The van der Waals surface area contributed by atoms with Crippen molar-refractivity contribution < 1.29 is 40.7 Å². The number of amides is 2. The van der Waals surface area contributed by atoms with Gasteiger partial charge >= 0.3 is 12.4 Å². The lowest BCUT2D eigenvalue weighted by Crippen LogP contribution is -2.43. The SMILES string of the molecule is CC(=O)NC1C[C@@](CO[C@H](C)c2cc(C(F)(F)F)cc(C(F)(F)F)c2)(c2ccccc2)NC1=O. The third-order valence-corrected chi connectivity index (χ3v) is 5.59. The minimum Gasteiger partial charge on any atom is -0.371 e. The Kier molecular flexibility index (Phi) is 6.97. The smallest absolute Gasteiger partial charge is 0.371 e. The predicted molar refractivity (Wildman–Crippen MR) is 109 cm³/mol. The van der Waals surface area contributed by atoms with Gasteiger partial charge in [0.25, 0.3) is 0 Å². The zero-order chi connectivity index (χ0) is 25.3. The first-order chi connectivity index (χ1) is 15.7. The second-order valence-corrected chi connectivity index (χ2v) is 8.19. The van der Waals surface area contributed by atoms with Gasteiger partial charge in [0.1, 0.15) is 6.04 Å². The highest BCUT2D eigenvalue weighted by Gasteiger charge is 2.46. The molecule has 2 aromatic carbocycles. The summed E-state index contributed by atoms with van der Waals surface area (Å²) < 4.78 is 85.0. The molecule has 3 rings (SSSR count). The number of hydrogen-bond donors (Lipinski definition) is 2. The van der Waals surface area contributed by atoms with E-state index in [9.17, 15) is 35.9 Å². The summed E-state index contributed by atoms with van der Waals surface area (Å²) in [5.41, 5.74) is -3.72. The van der Waals surface area contributed by atoms with Crippen molar-refractivity contribution in [3.63, 3.8) is 0 Å². The summed E-state index contributed by atoms with van der Waals surface area (Å²) in [5.74, 6) is -0.907. The Balaban J connectivity index is 1.91. The molecule has 2 aromatic rings. The van der Waals surface area contributed by atoms with Gasteiger partial charge < -0.3 is 15.4 Å². The molecule has 34 heavy (non-hydrogen) atoms. The number of hydrogen-bond acceptors (Lipinski definition) is 3. The molecule has 1 aliphatic heterocycles. The largest absolute Gasteiger partial charge is 0.416 e. The van der Waals surface area contributed by atoms with Gasteiger partial charge in [-0.3, -0.25) is 9.59 Å². The van der Waals surface area contributed by atoms with E-state index in [0.717, 1.165) is 0 Å². The van der Waals surface area contributed by atoms with Crippen LogP contribution in [0.2, 0.25) is 0 Å². The molecule has 1 heterocycles. The van der Waals surface area contributed by atoms with Crippen molar-refractivity contribution in [2.75, 3.05) is 6.61 Å². The summed E-state index contributed by atoms with van der Waals surface area (Å²) in [4.78, 5) is 24.0. The second-order valence-electron chi connectivity index (χ2n) is 8.19. The molecule has 3 atom stereocenters. The molecule has 11 heteroatoms. The highest BCUT2D eigenvalue weighted by Crippen LogP contribution is 2.39. The van der Waals surface area contributed by atoms with Gasteiger partial charge in [-0.25, -0.2) is 0 Å². The lowest BCUT2D eigenvalue weighted by molar-refractivity contribution is -0.143. The van der Waals surface area contributed by atoms with Crippen molar-refractivity contribution in [2.45, 2.75) is 50.3 Å². The van der Waals surface area contributed by atoms with Crippen molar-refractivity contribution in [3.8, 4) is 0 Å². The third kappa shape index (κ3) is 5.69. The second kappa shape index (κ2) is 9.28. The monoisotopic (exact) mass is 488 g/mol. The van der Waals surface area contributed by atoms with Crippen LogP contribution in [0.1, 0.15) is 48.6 Å². The lowest BCUT2D eigenvalue weighted by atomic mass is 9.88. The zero-order valence-corrected chi connectivity index (χ0v) is 18.2. The first-order valence-electron chi connectivity index (χ1n) is 10.3. The molecule has 0 radical (unpaired) electrons. The van der Waals surface area contributed by atoms with E-state index in [1.54, 1.807) is 30.3 Å². The first-order valence-corrected chi connectivity index (χ1v) is 10.3. The molecular formula is C23H22F6N2O3. The van der Waals surface area contributed by atoms with Gasteiger partial charge in [0, 0.05) is 13.3 Å². The molecule has 0 spiro atoms. The highest BCUT2D eigenvalue weighted by atomic mass is 19.4. The van der Waals surface area contributed by atoms with Gasteiger partial charge in [-0.1, -0.05) is 30.3 Å². The van der Waals surface area contributed by atoms with Crippen LogP contribution in [-0.4, -0.2) is 24.5 Å². The average Bonchev–Trinajstić information content (AvgIpc) is 3.07. The van der Waals surface area contributed by atoms with Gasteiger partial charge in [0.2, 0.25) is 11.8 Å². The maximum Gasteiger partial charge on any atom is 0.416 e. The molecule has 5 nitrogen and oxygen atoms in total. The third-order valence-electron chi connectivity index (χ3n) is 5.59. The van der Waals surface area contributed by atoms with Crippen molar-refractivity contribution in [3.05, 3.63) is 70.8 Å². The first kappa shape index (κ1) is 25.5. The lowest BCUT2D eigenvalue weighted by Gasteiger charge is -2.31. The van der Waals surface area contributed by atoms with E-state index in [-0.39, 0.29) is 24.7 Å². The molecule has 184 valence electrons. The van der Waals surface area contributed by atoms with E-state index < -0.39 is 53.0 Å². The fourth-order valence-electron chi connectivity index (χ4n) is 3.88. The fraction of sp³-hybridized carbons (Fsp3) is 0.391. The molecule has 2 N–H and O–H groups in total. The minimum absolute atomic E-state index is 0.0525. The Bertz CT molecular complexity index is 1020. The molecule has 1 unspecified atom stereocenters. The zero-order valence-electron chi connectivity index (χ0n) is 18.2. The van der Waals surface area contributed by atoms with Crippen LogP contribution in [0.5, 0.6) is 0 Å². The Labute approximate surface area is 191 Å². The van der Waals surface area contributed by atoms with Gasteiger partial charge in [-0.2, -0.15) is 26.3 Å². The summed E-state index contributed by atoms with van der Waals surface area (Å²) >= 11 is 0. The number of carbonyl (C=O) groups excluding carboxylic acids is 2. The van der Waals surface area contributed by atoms with E-state index >= 15 is 0 Å². The number of alkyl halides is 6. The van der Waals surface area contributed by atoms with Crippen molar-refractivity contribution in [1.29, 1.82) is 0 Å². The summed E-state index contributed by atoms with van der Waals surface area (Å²) in [5, 5.41) is 5.31. The minimum atomic E-state index is -4.98. The number of benzene rings is 2. The Morgan fingerprint density at radius 1 is 1.09 bits per heavy atom. The van der Waals surface area contributed by atoms with Gasteiger partial charge in [-0.15, -0.1) is 0 Å². The van der Waals surface area contributed by atoms with Crippen LogP contribution in [-0.2, 0) is 32.2 Å². The molecule has 0 saturated carbocycles. The van der Waals surface area contributed by atoms with Gasteiger partial charge in [-0.05, 0) is 36.2 Å². The van der Waals surface area contributed by atoms with Crippen molar-refractivity contribution >= 4 is 11.8 Å². The van der Waals surface area contributed by atoms with Crippen LogP contribution in [0.4, 0.5) is 26.3 Å². The topological polar surface area (TPSA) is 67.4 Å². The van der Waals surface area contributed by atoms with Gasteiger partial charge in [0.05, 0.1) is 29.4 Å². The normalized spacial score (nSPS) is 21.8. The molecule has 1 fully saturated rings. The molecular weight excluding hydrogens is 466 g/mol. The average molecular weight is 488 g/mol. The number of ether oxygens (including phenoxy) is 1. The number of rotatable bonds is 6. The summed E-state index contributed by atoms with van der Waals surface area (Å²) in [6, 6.07) is 8.97. The Hall–Kier alpha value is -3.08. The maximum atomic E-state index is 13.2.